The molecule has 0 rings (SSSR count). The number of aliphatic hydroxyl groups is 1. The zero-order valence-electron chi connectivity index (χ0n) is 58.3. The van der Waals surface area contributed by atoms with Gasteiger partial charge < -0.3 is 33.8 Å². The van der Waals surface area contributed by atoms with Crippen LogP contribution in [0.5, 0.6) is 0 Å². The highest BCUT2D eigenvalue weighted by molar-refractivity contribution is 7.47. The molecule has 0 fully saturated rings. The third kappa shape index (κ3) is 64.8. The van der Waals surface area contributed by atoms with Gasteiger partial charge in [0, 0.05) is 25.7 Å². The molecule has 0 aliphatic heterocycles. The summed E-state index contributed by atoms with van der Waals surface area (Å²) in [5.41, 5.74) is 0. The molecular formula is C71H138O17P2. The van der Waals surface area contributed by atoms with Crippen molar-refractivity contribution < 1.29 is 80.2 Å². The maximum absolute atomic E-state index is 13.0. The zero-order valence-corrected chi connectivity index (χ0v) is 60.1. The highest BCUT2D eigenvalue weighted by Crippen LogP contribution is 2.45. The number of unbranched alkanes of at least 4 members (excludes halogenated alkanes) is 43. The van der Waals surface area contributed by atoms with Crippen LogP contribution in [0.3, 0.4) is 0 Å². The number of phosphoric acid groups is 2. The van der Waals surface area contributed by atoms with Gasteiger partial charge in [-0.05, 0) is 31.6 Å². The molecule has 0 heterocycles. The van der Waals surface area contributed by atoms with E-state index in [1.54, 1.807) is 0 Å². The van der Waals surface area contributed by atoms with Crippen LogP contribution in [0.1, 0.15) is 369 Å². The first kappa shape index (κ1) is 88.1. The van der Waals surface area contributed by atoms with Crippen LogP contribution >= 0.6 is 15.6 Å². The molecule has 0 spiro atoms. The van der Waals surface area contributed by atoms with Gasteiger partial charge in [-0.25, -0.2) is 9.13 Å². The maximum atomic E-state index is 13.0. The SMILES string of the molecule is CCCCCCCCCCCCCCC(=O)OC[C@H](COP(=O)(O)OC[C@@H](O)COP(=O)(O)OC[C@@H](COC(=O)CCCCCCCCCCCCC)OC(=O)CCCCCCCCCCCCC)OC(=O)CCCCCCCCCCCCCCCC(C)C. The largest absolute Gasteiger partial charge is 0.472 e. The first-order chi connectivity index (χ1) is 43.5. The average molecular weight is 1330 g/mol. The number of rotatable bonds is 71. The molecule has 0 saturated heterocycles. The van der Waals surface area contributed by atoms with E-state index in [0.29, 0.717) is 25.7 Å². The normalized spacial score (nSPS) is 14.1. The highest BCUT2D eigenvalue weighted by Gasteiger charge is 2.30. The Morgan fingerprint density at radius 2 is 0.511 bits per heavy atom. The molecule has 3 N–H and O–H groups in total. The van der Waals surface area contributed by atoms with Gasteiger partial charge in [-0.3, -0.25) is 37.3 Å². The third-order valence-corrected chi connectivity index (χ3v) is 18.4. The van der Waals surface area contributed by atoms with Crippen LogP contribution in [-0.4, -0.2) is 96.7 Å². The monoisotopic (exact) mass is 1320 g/mol. The molecule has 0 saturated carbocycles. The summed E-state index contributed by atoms with van der Waals surface area (Å²) < 4.78 is 68.3. The topological polar surface area (TPSA) is 237 Å². The van der Waals surface area contributed by atoms with Gasteiger partial charge in [-0.15, -0.1) is 0 Å². The molecule has 0 bridgehead atoms. The lowest BCUT2D eigenvalue weighted by atomic mass is 10.0. The Bertz CT molecular complexity index is 1740. The van der Waals surface area contributed by atoms with Crippen molar-refractivity contribution >= 4 is 39.5 Å². The lowest BCUT2D eigenvalue weighted by Crippen LogP contribution is -2.30. The second-order valence-corrected chi connectivity index (χ2v) is 29.0. The van der Waals surface area contributed by atoms with Crippen LogP contribution in [0.4, 0.5) is 0 Å². The molecule has 0 aromatic rings. The van der Waals surface area contributed by atoms with Crippen LogP contribution in [0.2, 0.25) is 0 Å². The lowest BCUT2D eigenvalue weighted by Gasteiger charge is -2.21. The smallest absolute Gasteiger partial charge is 0.462 e. The van der Waals surface area contributed by atoms with Crippen LogP contribution in [0.25, 0.3) is 0 Å². The average Bonchev–Trinajstić information content (AvgIpc) is 3.32. The van der Waals surface area contributed by atoms with E-state index in [1.165, 1.54) is 193 Å². The number of ether oxygens (including phenoxy) is 4. The molecule has 534 valence electrons. The Kier molecular flexibility index (Phi) is 63.0. The van der Waals surface area contributed by atoms with E-state index in [9.17, 15) is 43.2 Å². The Hall–Kier alpha value is -1.94. The van der Waals surface area contributed by atoms with Gasteiger partial charge in [0.25, 0.3) is 0 Å². The van der Waals surface area contributed by atoms with Crippen molar-refractivity contribution in [3.63, 3.8) is 0 Å². The highest BCUT2D eigenvalue weighted by atomic mass is 31.2. The molecular weight excluding hydrogens is 1190 g/mol. The van der Waals surface area contributed by atoms with Crippen molar-refractivity contribution in [2.75, 3.05) is 39.6 Å². The van der Waals surface area contributed by atoms with Gasteiger partial charge in [0.1, 0.15) is 19.3 Å². The van der Waals surface area contributed by atoms with Gasteiger partial charge in [0.2, 0.25) is 0 Å². The Labute approximate surface area is 549 Å². The first-order valence-corrected chi connectivity index (χ1v) is 40.1. The zero-order chi connectivity index (χ0) is 66.3. The standard InChI is InChI=1S/C71H138O17P2/c1-6-9-12-15-18-21-24-31-35-40-45-50-55-69(74)82-61-67(88-71(76)57-52-47-42-37-32-27-25-26-30-33-38-43-48-53-64(4)5)63-86-90(79,80)84-59-65(72)58-83-89(77,78)85-62-66(87-70(75)56-51-46-41-36-29-23-20-17-14-11-8-3)60-81-68(73)54-49-44-39-34-28-22-19-16-13-10-7-2/h64-67,72H,6-63H2,1-5H3,(H,77,78)(H,79,80)/t65-,66+,67+/m0/s1. The number of aliphatic hydroxyl groups excluding tert-OH is 1. The number of phosphoric ester groups is 2. The fourth-order valence-corrected chi connectivity index (χ4v) is 12.4. The summed E-state index contributed by atoms with van der Waals surface area (Å²) in [6.07, 6.45) is 51.1. The molecule has 90 heavy (non-hydrogen) atoms. The molecule has 0 aromatic heterocycles. The van der Waals surface area contributed by atoms with Crippen molar-refractivity contribution in [3.8, 4) is 0 Å². The minimum absolute atomic E-state index is 0.107. The van der Waals surface area contributed by atoms with Crippen molar-refractivity contribution in [3.05, 3.63) is 0 Å². The van der Waals surface area contributed by atoms with Gasteiger partial charge in [0.15, 0.2) is 12.2 Å². The summed E-state index contributed by atoms with van der Waals surface area (Å²) in [5, 5.41) is 10.6. The fourth-order valence-electron chi connectivity index (χ4n) is 10.8. The van der Waals surface area contributed by atoms with Crippen LogP contribution in [0.15, 0.2) is 0 Å². The second-order valence-electron chi connectivity index (χ2n) is 26.1. The van der Waals surface area contributed by atoms with Gasteiger partial charge >= 0.3 is 39.5 Å². The van der Waals surface area contributed by atoms with E-state index < -0.39 is 97.5 Å². The van der Waals surface area contributed by atoms with Gasteiger partial charge in [0.05, 0.1) is 26.4 Å². The Morgan fingerprint density at radius 1 is 0.300 bits per heavy atom. The number of hydrogen-bond donors (Lipinski definition) is 3. The number of hydrogen-bond acceptors (Lipinski definition) is 15. The van der Waals surface area contributed by atoms with Crippen LogP contribution < -0.4 is 0 Å². The lowest BCUT2D eigenvalue weighted by molar-refractivity contribution is -0.161. The summed E-state index contributed by atoms with van der Waals surface area (Å²) in [4.78, 5) is 72.6. The van der Waals surface area contributed by atoms with E-state index in [-0.39, 0.29) is 25.7 Å². The third-order valence-electron chi connectivity index (χ3n) is 16.5. The van der Waals surface area contributed by atoms with Crippen LogP contribution in [0, 0.1) is 5.92 Å². The maximum Gasteiger partial charge on any atom is 0.472 e. The summed E-state index contributed by atoms with van der Waals surface area (Å²) >= 11 is 0. The van der Waals surface area contributed by atoms with Gasteiger partial charge in [-0.1, -0.05) is 317 Å². The van der Waals surface area contributed by atoms with Crippen molar-refractivity contribution in [2.24, 2.45) is 5.92 Å². The molecule has 5 atom stereocenters. The van der Waals surface area contributed by atoms with Gasteiger partial charge in [-0.2, -0.15) is 0 Å². The summed E-state index contributed by atoms with van der Waals surface area (Å²) in [6, 6.07) is 0. The summed E-state index contributed by atoms with van der Waals surface area (Å²) in [7, 11) is -9.90. The van der Waals surface area contributed by atoms with Crippen LogP contribution in [-0.2, 0) is 65.4 Å². The fraction of sp³-hybridized carbons (Fsp3) is 0.944. The molecule has 0 radical (unpaired) electrons. The summed E-state index contributed by atoms with van der Waals surface area (Å²) in [6.45, 7) is 7.27. The molecule has 2 unspecified atom stereocenters. The Morgan fingerprint density at radius 3 is 0.756 bits per heavy atom. The second kappa shape index (κ2) is 64.4. The molecule has 0 aliphatic rings. The van der Waals surface area contributed by atoms with Crippen molar-refractivity contribution in [2.45, 2.75) is 387 Å². The van der Waals surface area contributed by atoms with E-state index in [4.69, 9.17) is 37.0 Å². The predicted molar refractivity (Wildman–Crippen MR) is 363 cm³/mol. The number of carbonyl (C=O) groups excluding carboxylic acids is 4. The molecule has 0 aliphatic carbocycles. The molecule has 17 nitrogen and oxygen atoms in total. The minimum Gasteiger partial charge on any atom is -0.462 e. The van der Waals surface area contributed by atoms with E-state index in [2.05, 4.69) is 34.6 Å². The summed E-state index contributed by atoms with van der Waals surface area (Å²) in [5.74, 6) is -1.33. The van der Waals surface area contributed by atoms with E-state index >= 15 is 0 Å². The van der Waals surface area contributed by atoms with E-state index in [1.807, 2.05) is 0 Å². The number of esters is 4. The number of carbonyl (C=O) groups is 4. The first-order valence-electron chi connectivity index (χ1n) is 37.1. The molecule has 19 heteroatoms. The Balaban J connectivity index is 5.24. The minimum atomic E-state index is -4.95. The van der Waals surface area contributed by atoms with Crippen molar-refractivity contribution in [1.82, 2.24) is 0 Å². The van der Waals surface area contributed by atoms with E-state index in [0.717, 1.165) is 95.8 Å². The quantitative estimate of drug-likeness (QED) is 0.0222. The predicted octanol–water partition coefficient (Wildman–Crippen LogP) is 20.5. The molecule has 0 amide bonds. The molecule has 0 aromatic carbocycles. The van der Waals surface area contributed by atoms with Crippen molar-refractivity contribution in [1.29, 1.82) is 0 Å².